The van der Waals surface area contributed by atoms with E-state index in [0.29, 0.717) is 6.04 Å². The van der Waals surface area contributed by atoms with Gasteiger partial charge in [0.2, 0.25) is 5.91 Å². The summed E-state index contributed by atoms with van der Waals surface area (Å²) in [6.45, 7) is 5.24. The van der Waals surface area contributed by atoms with E-state index in [9.17, 15) is 9.18 Å². The van der Waals surface area contributed by atoms with Crippen molar-refractivity contribution in [1.29, 1.82) is 0 Å². The van der Waals surface area contributed by atoms with Crippen molar-refractivity contribution in [2.45, 2.75) is 38.8 Å². The van der Waals surface area contributed by atoms with E-state index in [2.05, 4.69) is 5.32 Å². The lowest BCUT2D eigenvalue weighted by molar-refractivity contribution is -0.129. The zero-order valence-electron chi connectivity index (χ0n) is 11.8. The standard InChI is InChI=1S/C15H20ClFN2O/c1-10(12-3-4-15(17)14(16)9-12)18-13-5-7-19(8-6-13)11(2)20/h3-4,9-10,13,18H,5-8H2,1-2H3. The van der Waals surface area contributed by atoms with Gasteiger partial charge in [0, 0.05) is 32.1 Å². The summed E-state index contributed by atoms with van der Waals surface area (Å²) in [4.78, 5) is 13.1. The number of hydrogen-bond acceptors (Lipinski definition) is 2. The van der Waals surface area contributed by atoms with E-state index in [4.69, 9.17) is 11.6 Å². The first-order valence-corrected chi connectivity index (χ1v) is 7.31. The quantitative estimate of drug-likeness (QED) is 0.930. The van der Waals surface area contributed by atoms with Gasteiger partial charge in [0.1, 0.15) is 5.82 Å². The number of carbonyl (C=O) groups is 1. The van der Waals surface area contributed by atoms with Crippen molar-refractivity contribution < 1.29 is 9.18 Å². The first-order chi connectivity index (χ1) is 9.47. The van der Waals surface area contributed by atoms with Crippen LogP contribution in [0.25, 0.3) is 0 Å². The van der Waals surface area contributed by atoms with Crippen molar-refractivity contribution in [3.05, 3.63) is 34.6 Å². The summed E-state index contributed by atoms with van der Waals surface area (Å²) in [5.41, 5.74) is 0.977. The number of likely N-dealkylation sites (tertiary alicyclic amines) is 1. The number of halogens is 2. The van der Waals surface area contributed by atoms with Gasteiger partial charge in [-0.1, -0.05) is 17.7 Å². The molecule has 1 fully saturated rings. The third-order valence-corrected chi connectivity index (χ3v) is 4.16. The second-order valence-electron chi connectivity index (χ2n) is 5.34. The minimum Gasteiger partial charge on any atom is -0.343 e. The smallest absolute Gasteiger partial charge is 0.219 e. The number of nitrogens with one attached hydrogen (secondary N) is 1. The third kappa shape index (κ3) is 3.70. The van der Waals surface area contributed by atoms with Crippen LogP contribution in [0.1, 0.15) is 38.3 Å². The van der Waals surface area contributed by atoms with E-state index in [1.54, 1.807) is 19.1 Å². The Labute approximate surface area is 124 Å². The highest BCUT2D eigenvalue weighted by atomic mass is 35.5. The highest BCUT2D eigenvalue weighted by Gasteiger charge is 2.22. The molecule has 1 atom stereocenters. The van der Waals surface area contributed by atoms with E-state index in [1.165, 1.54) is 6.07 Å². The molecule has 1 heterocycles. The number of amides is 1. The molecular weight excluding hydrogens is 279 g/mol. The normalized spacial score (nSPS) is 18.1. The van der Waals surface area contributed by atoms with Gasteiger partial charge >= 0.3 is 0 Å². The highest BCUT2D eigenvalue weighted by molar-refractivity contribution is 6.30. The lowest BCUT2D eigenvalue weighted by atomic mass is 10.0. The van der Waals surface area contributed by atoms with Crippen molar-refractivity contribution >= 4 is 17.5 Å². The first kappa shape index (κ1) is 15.3. The fraction of sp³-hybridized carbons (Fsp3) is 0.533. The molecule has 0 aliphatic carbocycles. The Morgan fingerprint density at radius 1 is 1.45 bits per heavy atom. The molecule has 1 aliphatic rings. The van der Waals surface area contributed by atoms with E-state index in [-0.39, 0.29) is 17.0 Å². The molecule has 1 aromatic carbocycles. The van der Waals surface area contributed by atoms with Crippen molar-refractivity contribution in [1.82, 2.24) is 10.2 Å². The number of benzene rings is 1. The van der Waals surface area contributed by atoms with Crippen LogP contribution in [0.4, 0.5) is 4.39 Å². The van der Waals surface area contributed by atoms with Gasteiger partial charge in [0.25, 0.3) is 0 Å². The Balaban J connectivity index is 1.90. The Bertz CT molecular complexity index is 487. The topological polar surface area (TPSA) is 32.3 Å². The van der Waals surface area contributed by atoms with Gasteiger partial charge < -0.3 is 10.2 Å². The van der Waals surface area contributed by atoms with Crippen LogP contribution in [-0.2, 0) is 4.79 Å². The minimum absolute atomic E-state index is 0.113. The summed E-state index contributed by atoms with van der Waals surface area (Å²) in [5.74, 6) is -0.251. The van der Waals surface area contributed by atoms with Gasteiger partial charge in [0.05, 0.1) is 5.02 Å². The molecule has 20 heavy (non-hydrogen) atoms. The Morgan fingerprint density at radius 3 is 2.65 bits per heavy atom. The predicted molar refractivity (Wildman–Crippen MR) is 78.2 cm³/mol. The molecule has 1 aliphatic heterocycles. The molecule has 1 unspecified atom stereocenters. The summed E-state index contributed by atoms with van der Waals surface area (Å²) in [5, 5.41) is 3.68. The number of carbonyl (C=O) groups excluding carboxylic acids is 1. The molecule has 3 nitrogen and oxygen atoms in total. The Kier molecular flexibility index (Phi) is 5.00. The van der Waals surface area contributed by atoms with Crippen LogP contribution in [-0.4, -0.2) is 29.9 Å². The zero-order valence-corrected chi connectivity index (χ0v) is 12.6. The van der Waals surface area contributed by atoms with E-state index in [1.807, 2.05) is 11.8 Å². The number of rotatable bonds is 3. The molecular formula is C15H20ClFN2O. The lowest BCUT2D eigenvalue weighted by Crippen LogP contribution is -2.44. The average molecular weight is 299 g/mol. The summed E-state index contributed by atoms with van der Waals surface area (Å²) >= 11 is 5.81. The first-order valence-electron chi connectivity index (χ1n) is 6.94. The van der Waals surface area contributed by atoms with Crippen LogP contribution in [0, 0.1) is 5.82 Å². The van der Waals surface area contributed by atoms with Crippen molar-refractivity contribution in [3.8, 4) is 0 Å². The van der Waals surface area contributed by atoms with Crippen LogP contribution < -0.4 is 5.32 Å². The number of nitrogens with zero attached hydrogens (tertiary/aromatic N) is 1. The summed E-state index contributed by atoms with van der Waals surface area (Å²) in [6.07, 6.45) is 1.89. The number of hydrogen-bond donors (Lipinski definition) is 1. The molecule has 0 bridgehead atoms. The Hall–Kier alpha value is -1.13. The molecule has 1 saturated heterocycles. The number of piperidine rings is 1. The molecule has 0 aromatic heterocycles. The molecule has 0 spiro atoms. The molecule has 110 valence electrons. The second-order valence-corrected chi connectivity index (χ2v) is 5.75. The molecule has 0 radical (unpaired) electrons. The SMILES string of the molecule is CC(=O)N1CCC(NC(C)c2ccc(F)c(Cl)c2)CC1. The van der Waals surface area contributed by atoms with Gasteiger partial charge in [-0.25, -0.2) is 4.39 Å². The van der Waals surface area contributed by atoms with Crippen LogP contribution >= 0.6 is 11.6 Å². The molecule has 0 saturated carbocycles. The average Bonchev–Trinajstić information content (AvgIpc) is 2.42. The maximum Gasteiger partial charge on any atom is 0.219 e. The van der Waals surface area contributed by atoms with E-state index in [0.717, 1.165) is 31.5 Å². The molecule has 5 heteroatoms. The van der Waals surface area contributed by atoms with Crippen molar-refractivity contribution in [3.63, 3.8) is 0 Å². The maximum atomic E-state index is 13.1. The van der Waals surface area contributed by atoms with E-state index < -0.39 is 5.82 Å². The minimum atomic E-state index is -0.391. The van der Waals surface area contributed by atoms with Crippen LogP contribution in [0.5, 0.6) is 0 Å². The largest absolute Gasteiger partial charge is 0.343 e. The molecule has 1 N–H and O–H groups in total. The van der Waals surface area contributed by atoms with Gasteiger partial charge in [0.15, 0.2) is 0 Å². The van der Waals surface area contributed by atoms with Crippen LogP contribution in [0.2, 0.25) is 5.02 Å². The highest BCUT2D eigenvalue weighted by Crippen LogP contribution is 2.22. The Morgan fingerprint density at radius 2 is 2.10 bits per heavy atom. The summed E-state index contributed by atoms with van der Waals surface area (Å²) in [6, 6.07) is 5.31. The van der Waals surface area contributed by atoms with Crippen molar-refractivity contribution in [2.75, 3.05) is 13.1 Å². The fourth-order valence-corrected chi connectivity index (χ4v) is 2.78. The summed E-state index contributed by atoms with van der Waals surface area (Å²) < 4.78 is 13.1. The van der Waals surface area contributed by atoms with E-state index >= 15 is 0 Å². The molecule has 1 aromatic rings. The molecule has 2 rings (SSSR count). The third-order valence-electron chi connectivity index (χ3n) is 3.87. The van der Waals surface area contributed by atoms with Gasteiger partial charge in [-0.3, -0.25) is 4.79 Å². The zero-order chi connectivity index (χ0) is 14.7. The monoisotopic (exact) mass is 298 g/mol. The fourth-order valence-electron chi connectivity index (χ4n) is 2.59. The van der Waals surface area contributed by atoms with Crippen molar-refractivity contribution in [2.24, 2.45) is 0 Å². The van der Waals surface area contributed by atoms with Gasteiger partial charge in [-0.15, -0.1) is 0 Å². The predicted octanol–water partition coefficient (Wildman–Crippen LogP) is 3.14. The van der Waals surface area contributed by atoms with Crippen LogP contribution in [0.3, 0.4) is 0 Å². The van der Waals surface area contributed by atoms with Crippen LogP contribution in [0.15, 0.2) is 18.2 Å². The second kappa shape index (κ2) is 6.55. The molecule has 1 amide bonds. The maximum absolute atomic E-state index is 13.1. The lowest BCUT2D eigenvalue weighted by Gasteiger charge is -2.33. The van der Waals surface area contributed by atoms with Gasteiger partial charge in [-0.2, -0.15) is 0 Å². The summed E-state index contributed by atoms with van der Waals surface area (Å²) in [7, 11) is 0. The van der Waals surface area contributed by atoms with Gasteiger partial charge in [-0.05, 0) is 37.5 Å².